The standard InChI is InChI=1S/C11H21N3O/c1-11(2,3)14-10(15)13-8-9-4-6-12-7-5-9/h4,12H,5-8H2,1-3H3,(H2,13,14,15). The Hall–Kier alpha value is -1.03. The van der Waals surface area contributed by atoms with Gasteiger partial charge in [-0.3, -0.25) is 0 Å². The van der Waals surface area contributed by atoms with Gasteiger partial charge in [-0.05, 0) is 33.7 Å². The fraction of sp³-hybridized carbons (Fsp3) is 0.727. The summed E-state index contributed by atoms with van der Waals surface area (Å²) in [6.07, 6.45) is 3.16. The van der Waals surface area contributed by atoms with Crippen molar-refractivity contribution in [1.82, 2.24) is 16.0 Å². The number of hydrogen-bond acceptors (Lipinski definition) is 2. The number of urea groups is 1. The fourth-order valence-electron chi connectivity index (χ4n) is 1.41. The molecule has 0 aromatic heterocycles. The SMILES string of the molecule is CC(C)(C)NC(=O)NCC1=CCNCC1. The van der Waals surface area contributed by atoms with E-state index in [1.807, 2.05) is 20.8 Å². The highest BCUT2D eigenvalue weighted by molar-refractivity contribution is 5.74. The van der Waals surface area contributed by atoms with Crippen LogP contribution in [0.3, 0.4) is 0 Å². The van der Waals surface area contributed by atoms with Crippen molar-refractivity contribution in [1.29, 1.82) is 0 Å². The Bertz CT molecular complexity index is 253. The average molecular weight is 211 g/mol. The van der Waals surface area contributed by atoms with Crippen molar-refractivity contribution >= 4 is 6.03 Å². The minimum atomic E-state index is -0.174. The highest BCUT2D eigenvalue weighted by Gasteiger charge is 2.13. The van der Waals surface area contributed by atoms with Gasteiger partial charge in [-0.1, -0.05) is 11.6 Å². The number of hydrogen-bond donors (Lipinski definition) is 3. The predicted octanol–water partition coefficient (Wildman–Crippen LogP) is 1.00. The maximum Gasteiger partial charge on any atom is 0.315 e. The van der Waals surface area contributed by atoms with Crippen LogP contribution in [0.5, 0.6) is 0 Å². The van der Waals surface area contributed by atoms with Gasteiger partial charge in [0.05, 0.1) is 0 Å². The van der Waals surface area contributed by atoms with Gasteiger partial charge >= 0.3 is 6.03 Å². The number of carbonyl (C=O) groups excluding carboxylic acids is 1. The van der Waals surface area contributed by atoms with Gasteiger partial charge in [0.2, 0.25) is 0 Å². The molecule has 15 heavy (non-hydrogen) atoms. The molecule has 0 aromatic carbocycles. The summed E-state index contributed by atoms with van der Waals surface area (Å²) in [6, 6.07) is -0.0954. The Labute approximate surface area is 91.5 Å². The first-order valence-corrected chi connectivity index (χ1v) is 5.42. The van der Waals surface area contributed by atoms with Crippen LogP contribution in [0.2, 0.25) is 0 Å². The number of carbonyl (C=O) groups is 1. The van der Waals surface area contributed by atoms with Crippen molar-refractivity contribution in [2.24, 2.45) is 0 Å². The average Bonchev–Trinajstić information content (AvgIpc) is 2.14. The van der Waals surface area contributed by atoms with Gasteiger partial charge in [-0.2, -0.15) is 0 Å². The summed E-state index contributed by atoms with van der Waals surface area (Å²) in [5.74, 6) is 0. The van der Waals surface area contributed by atoms with E-state index in [9.17, 15) is 4.79 Å². The van der Waals surface area contributed by atoms with Crippen molar-refractivity contribution in [2.45, 2.75) is 32.7 Å². The lowest BCUT2D eigenvalue weighted by atomic mass is 10.1. The van der Waals surface area contributed by atoms with E-state index in [0.29, 0.717) is 6.54 Å². The van der Waals surface area contributed by atoms with Crippen LogP contribution in [0.15, 0.2) is 11.6 Å². The van der Waals surface area contributed by atoms with Crippen LogP contribution in [-0.2, 0) is 0 Å². The molecule has 0 aliphatic carbocycles. The van der Waals surface area contributed by atoms with Crippen LogP contribution in [0, 0.1) is 0 Å². The number of amides is 2. The first-order valence-electron chi connectivity index (χ1n) is 5.42. The first-order chi connectivity index (χ1) is 6.97. The predicted molar refractivity (Wildman–Crippen MR) is 61.9 cm³/mol. The van der Waals surface area contributed by atoms with Gasteiger partial charge in [0.1, 0.15) is 0 Å². The maximum atomic E-state index is 11.4. The van der Waals surface area contributed by atoms with Gasteiger partial charge < -0.3 is 16.0 Å². The zero-order chi connectivity index (χ0) is 11.3. The van der Waals surface area contributed by atoms with E-state index in [4.69, 9.17) is 0 Å². The Morgan fingerprint density at radius 2 is 2.27 bits per heavy atom. The molecule has 4 nitrogen and oxygen atoms in total. The van der Waals surface area contributed by atoms with Crippen LogP contribution in [0.4, 0.5) is 4.79 Å². The van der Waals surface area contributed by atoms with Gasteiger partial charge in [0, 0.05) is 18.6 Å². The lowest BCUT2D eigenvalue weighted by Crippen LogP contribution is -2.47. The molecule has 1 aliphatic heterocycles. The topological polar surface area (TPSA) is 53.2 Å². The van der Waals surface area contributed by atoms with Gasteiger partial charge in [-0.25, -0.2) is 4.79 Å². The third-order valence-electron chi connectivity index (χ3n) is 2.12. The molecule has 0 fully saturated rings. The second kappa shape index (κ2) is 5.16. The third kappa shape index (κ3) is 5.42. The molecule has 0 unspecified atom stereocenters. The van der Waals surface area contributed by atoms with Crippen molar-refractivity contribution < 1.29 is 4.79 Å². The fourth-order valence-corrected chi connectivity index (χ4v) is 1.41. The summed E-state index contributed by atoms with van der Waals surface area (Å²) in [7, 11) is 0. The number of nitrogens with one attached hydrogen (secondary N) is 3. The molecule has 0 bridgehead atoms. The molecule has 2 amide bonds. The van der Waals surface area contributed by atoms with Crippen LogP contribution in [0.1, 0.15) is 27.2 Å². The van der Waals surface area contributed by atoms with Crippen LogP contribution >= 0.6 is 0 Å². The van der Waals surface area contributed by atoms with Crippen molar-refractivity contribution in [3.63, 3.8) is 0 Å². The van der Waals surface area contributed by atoms with Crippen molar-refractivity contribution in [3.05, 3.63) is 11.6 Å². The molecule has 1 heterocycles. The van der Waals surface area contributed by atoms with Gasteiger partial charge in [0.25, 0.3) is 0 Å². The summed E-state index contributed by atoms with van der Waals surface area (Å²) in [5, 5.41) is 8.96. The lowest BCUT2D eigenvalue weighted by Gasteiger charge is -2.21. The highest BCUT2D eigenvalue weighted by Crippen LogP contribution is 2.02. The second-order valence-electron chi connectivity index (χ2n) is 4.87. The summed E-state index contributed by atoms with van der Waals surface area (Å²) < 4.78 is 0. The van der Waals surface area contributed by atoms with E-state index < -0.39 is 0 Å². The van der Waals surface area contributed by atoms with E-state index >= 15 is 0 Å². The van der Waals surface area contributed by atoms with E-state index in [-0.39, 0.29) is 11.6 Å². The zero-order valence-electron chi connectivity index (χ0n) is 9.81. The quantitative estimate of drug-likeness (QED) is 0.597. The molecule has 0 radical (unpaired) electrons. The maximum absolute atomic E-state index is 11.4. The Balaban J connectivity index is 2.24. The molecular weight excluding hydrogens is 190 g/mol. The molecule has 1 aliphatic rings. The largest absolute Gasteiger partial charge is 0.334 e. The molecule has 0 aromatic rings. The van der Waals surface area contributed by atoms with E-state index in [0.717, 1.165) is 19.5 Å². The molecule has 0 atom stereocenters. The molecule has 0 spiro atoms. The molecule has 4 heteroatoms. The monoisotopic (exact) mass is 211 g/mol. The smallest absolute Gasteiger partial charge is 0.315 e. The summed E-state index contributed by atoms with van der Waals surface area (Å²) in [4.78, 5) is 11.4. The Morgan fingerprint density at radius 3 is 2.80 bits per heavy atom. The van der Waals surface area contributed by atoms with Crippen LogP contribution in [0.25, 0.3) is 0 Å². The van der Waals surface area contributed by atoms with E-state index in [2.05, 4.69) is 22.0 Å². The van der Waals surface area contributed by atoms with Crippen LogP contribution in [-0.4, -0.2) is 31.2 Å². The summed E-state index contributed by atoms with van der Waals surface area (Å²) in [6.45, 7) is 8.49. The molecule has 0 saturated heterocycles. The first kappa shape index (κ1) is 12.0. The van der Waals surface area contributed by atoms with Crippen molar-refractivity contribution in [2.75, 3.05) is 19.6 Å². The zero-order valence-corrected chi connectivity index (χ0v) is 9.81. The highest BCUT2D eigenvalue weighted by atomic mass is 16.2. The van der Waals surface area contributed by atoms with Gasteiger partial charge in [0.15, 0.2) is 0 Å². The van der Waals surface area contributed by atoms with Gasteiger partial charge in [-0.15, -0.1) is 0 Å². The van der Waals surface area contributed by atoms with E-state index in [1.165, 1.54) is 5.57 Å². The molecule has 3 N–H and O–H groups in total. The molecule has 0 saturated carbocycles. The molecular formula is C11H21N3O. The molecule has 86 valence electrons. The van der Waals surface area contributed by atoms with Crippen LogP contribution < -0.4 is 16.0 Å². The Kier molecular flexibility index (Phi) is 4.15. The normalized spacial score (nSPS) is 16.9. The number of rotatable bonds is 2. The minimum Gasteiger partial charge on any atom is -0.334 e. The molecule has 1 rings (SSSR count). The second-order valence-corrected chi connectivity index (χ2v) is 4.87. The van der Waals surface area contributed by atoms with Crippen molar-refractivity contribution in [3.8, 4) is 0 Å². The lowest BCUT2D eigenvalue weighted by molar-refractivity contribution is 0.232. The minimum absolute atomic E-state index is 0.0954. The summed E-state index contributed by atoms with van der Waals surface area (Å²) in [5.41, 5.74) is 1.13. The van der Waals surface area contributed by atoms with E-state index in [1.54, 1.807) is 0 Å². The summed E-state index contributed by atoms with van der Waals surface area (Å²) >= 11 is 0. The third-order valence-corrected chi connectivity index (χ3v) is 2.12. The Morgan fingerprint density at radius 1 is 1.53 bits per heavy atom.